The minimum Gasteiger partial charge on any atom is -0.381 e. The molecule has 0 atom stereocenters. The van der Waals surface area contributed by atoms with Crippen LogP contribution in [0.5, 0.6) is 0 Å². The van der Waals surface area contributed by atoms with Crippen LogP contribution in [0.4, 0.5) is 19.0 Å². The van der Waals surface area contributed by atoms with Gasteiger partial charge in [0.1, 0.15) is 5.82 Å². The Kier molecular flexibility index (Phi) is 5.70. The first kappa shape index (κ1) is 21.3. The van der Waals surface area contributed by atoms with Crippen LogP contribution in [0.3, 0.4) is 0 Å². The number of halogens is 3. The van der Waals surface area contributed by atoms with Crippen molar-refractivity contribution in [3.63, 3.8) is 0 Å². The first-order chi connectivity index (χ1) is 14.8. The van der Waals surface area contributed by atoms with E-state index in [2.05, 4.69) is 20.4 Å². The van der Waals surface area contributed by atoms with Gasteiger partial charge in [-0.25, -0.2) is 9.67 Å². The molecule has 1 N–H and O–H groups in total. The van der Waals surface area contributed by atoms with E-state index in [9.17, 15) is 13.2 Å². The molecule has 0 saturated carbocycles. The maximum Gasteiger partial charge on any atom is 0.416 e. The quantitative estimate of drug-likeness (QED) is 0.646. The summed E-state index contributed by atoms with van der Waals surface area (Å²) in [4.78, 5) is 8.86. The maximum atomic E-state index is 13.3. The Hall–Kier alpha value is -2.94. The molecule has 0 unspecified atom stereocenters. The molecule has 0 bridgehead atoms. The largest absolute Gasteiger partial charge is 0.416 e. The Morgan fingerprint density at radius 1 is 1.13 bits per heavy atom. The summed E-state index contributed by atoms with van der Waals surface area (Å²) in [6, 6.07) is 7.55. The van der Waals surface area contributed by atoms with Crippen LogP contribution < -0.4 is 5.32 Å². The van der Waals surface area contributed by atoms with Crippen molar-refractivity contribution < 1.29 is 17.9 Å². The molecule has 1 aliphatic rings. The van der Waals surface area contributed by atoms with E-state index in [-0.39, 0.29) is 0 Å². The minimum atomic E-state index is -4.38. The average Bonchev–Trinajstić information content (AvgIpc) is 3.11. The van der Waals surface area contributed by atoms with Crippen molar-refractivity contribution in [2.75, 3.05) is 25.1 Å². The Morgan fingerprint density at radius 2 is 1.90 bits per heavy atom. The zero-order chi connectivity index (χ0) is 22.1. The lowest BCUT2D eigenvalue weighted by Gasteiger charge is -2.38. The van der Waals surface area contributed by atoms with Gasteiger partial charge in [-0.1, -0.05) is 18.2 Å². The van der Waals surface area contributed by atoms with E-state index >= 15 is 0 Å². The Bertz CT molecular complexity index is 1060. The third-order valence-electron chi connectivity index (χ3n) is 5.71. The number of alkyl halides is 3. The van der Waals surface area contributed by atoms with Gasteiger partial charge < -0.3 is 10.1 Å². The molecule has 3 heterocycles. The summed E-state index contributed by atoms with van der Waals surface area (Å²) in [5.74, 6) is 1.12. The molecule has 6 nitrogen and oxygen atoms in total. The zero-order valence-corrected chi connectivity index (χ0v) is 17.4. The highest BCUT2D eigenvalue weighted by Gasteiger charge is 2.37. The van der Waals surface area contributed by atoms with Gasteiger partial charge in [0.15, 0.2) is 5.82 Å². The number of hydrogen-bond acceptors (Lipinski definition) is 5. The van der Waals surface area contributed by atoms with Gasteiger partial charge in [0.05, 0.1) is 23.7 Å². The highest BCUT2D eigenvalue weighted by atomic mass is 19.4. The second-order valence-corrected chi connectivity index (χ2v) is 7.93. The van der Waals surface area contributed by atoms with E-state index in [0.29, 0.717) is 49.8 Å². The molecule has 2 aromatic heterocycles. The monoisotopic (exact) mass is 431 g/mol. The number of benzene rings is 1. The first-order valence-corrected chi connectivity index (χ1v) is 10.1. The lowest BCUT2D eigenvalue weighted by Crippen LogP contribution is -2.40. The summed E-state index contributed by atoms with van der Waals surface area (Å²) in [5.41, 5.74) is 1.34. The predicted molar refractivity (Wildman–Crippen MR) is 110 cm³/mol. The first-order valence-electron chi connectivity index (χ1n) is 10.1. The van der Waals surface area contributed by atoms with E-state index in [4.69, 9.17) is 4.74 Å². The summed E-state index contributed by atoms with van der Waals surface area (Å²) < 4.78 is 47.1. The summed E-state index contributed by atoms with van der Waals surface area (Å²) in [6.07, 6.45) is 0.0864. The van der Waals surface area contributed by atoms with E-state index < -0.39 is 17.2 Å². The predicted octanol–water partition coefficient (Wildman–Crippen LogP) is 4.46. The van der Waals surface area contributed by atoms with Gasteiger partial charge in [-0.05, 0) is 44.4 Å². The molecule has 1 aliphatic heterocycles. The van der Waals surface area contributed by atoms with Gasteiger partial charge in [0.2, 0.25) is 0 Å². The molecule has 1 saturated heterocycles. The van der Waals surface area contributed by atoms with Crippen molar-refractivity contribution in [3.05, 3.63) is 65.2 Å². The summed E-state index contributed by atoms with van der Waals surface area (Å²) >= 11 is 0. The third kappa shape index (κ3) is 4.56. The van der Waals surface area contributed by atoms with Crippen molar-refractivity contribution in [2.45, 2.75) is 38.3 Å². The van der Waals surface area contributed by atoms with E-state index in [0.717, 1.165) is 17.5 Å². The van der Waals surface area contributed by atoms with E-state index in [1.54, 1.807) is 23.1 Å². The fraction of sp³-hybridized carbons (Fsp3) is 0.409. The van der Waals surface area contributed by atoms with Crippen LogP contribution in [0.1, 0.15) is 35.4 Å². The minimum absolute atomic E-state index is 0.424. The number of nitrogens with zero attached hydrogens (tertiary/aromatic N) is 4. The molecule has 0 spiro atoms. The molecule has 164 valence electrons. The molecule has 1 fully saturated rings. The summed E-state index contributed by atoms with van der Waals surface area (Å²) in [7, 11) is 0. The second-order valence-electron chi connectivity index (χ2n) is 7.93. The van der Waals surface area contributed by atoms with Crippen LogP contribution in [0, 0.1) is 13.8 Å². The maximum absolute atomic E-state index is 13.3. The molecule has 0 amide bonds. The normalized spacial score (nSPS) is 16.3. The van der Waals surface area contributed by atoms with Crippen molar-refractivity contribution in [1.82, 2.24) is 19.7 Å². The number of anilines is 1. The molecule has 3 aromatic rings. The van der Waals surface area contributed by atoms with Gasteiger partial charge in [-0.15, -0.1) is 0 Å². The molecule has 0 aliphatic carbocycles. The van der Waals surface area contributed by atoms with Crippen LogP contribution in [0.15, 0.2) is 42.7 Å². The van der Waals surface area contributed by atoms with Gasteiger partial charge in [0, 0.05) is 30.9 Å². The summed E-state index contributed by atoms with van der Waals surface area (Å²) in [6.45, 7) is 5.26. The van der Waals surface area contributed by atoms with Gasteiger partial charge >= 0.3 is 6.18 Å². The lowest BCUT2D eigenvalue weighted by molar-refractivity contribution is -0.137. The van der Waals surface area contributed by atoms with Gasteiger partial charge in [-0.3, -0.25) is 4.98 Å². The molecule has 31 heavy (non-hydrogen) atoms. The van der Waals surface area contributed by atoms with Gasteiger partial charge in [0.25, 0.3) is 0 Å². The van der Waals surface area contributed by atoms with Gasteiger partial charge in [-0.2, -0.15) is 18.3 Å². The van der Waals surface area contributed by atoms with Crippen LogP contribution in [0.2, 0.25) is 0 Å². The number of ether oxygens (including phenoxy) is 1. The second kappa shape index (κ2) is 8.30. The number of aryl methyl sites for hydroxylation is 2. The zero-order valence-electron chi connectivity index (χ0n) is 17.4. The number of aromatic nitrogens is 4. The SMILES string of the molecule is Cc1cc(C)n(-c2cncc(NCC3(c4cccc(C(F)(F)F)c4)CCOCC3)n2)n1. The Morgan fingerprint density at radius 3 is 2.58 bits per heavy atom. The fourth-order valence-corrected chi connectivity index (χ4v) is 4.02. The average molecular weight is 431 g/mol. The van der Waals surface area contributed by atoms with Crippen LogP contribution >= 0.6 is 0 Å². The number of hydrogen-bond donors (Lipinski definition) is 1. The molecule has 1 aromatic carbocycles. The number of nitrogens with one attached hydrogen (secondary N) is 1. The fourth-order valence-electron chi connectivity index (χ4n) is 4.02. The Labute approximate surface area is 178 Å². The highest BCUT2D eigenvalue weighted by Crippen LogP contribution is 2.38. The van der Waals surface area contributed by atoms with Crippen LogP contribution in [0.25, 0.3) is 5.82 Å². The standard InChI is InChI=1S/C22H24F3N5O/c1-15-10-16(2)30(29-15)20-13-26-12-19(28-20)27-14-21(6-8-31-9-7-21)17-4-3-5-18(11-17)22(23,24)25/h3-5,10-13H,6-9,14H2,1-2H3,(H,27,28). The van der Waals surface area contributed by atoms with Crippen molar-refractivity contribution in [1.29, 1.82) is 0 Å². The Balaban J connectivity index is 1.60. The highest BCUT2D eigenvalue weighted by molar-refractivity contribution is 5.40. The van der Waals surface area contributed by atoms with Crippen LogP contribution in [-0.2, 0) is 16.3 Å². The molecular weight excluding hydrogens is 407 g/mol. The molecule has 0 radical (unpaired) electrons. The van der Waals surface area contributed by atoms with E-state index in [1.165, 1.54) is 12.1 Å². The van der Waals surface area contributed by atoms with Crippen molar-refractivity contribution in [3.8, 4) is 5.82 Å². The molecular formula is C22H24F3N5O. The topological polar surface area (TPSA) is 64.9 Å². The molecule has 9 heteroatoms. The smallest absolute Gasteiger partial charge is 0.381 e. The summed E-state index contributed by atoms with van der Waals surface area (Å²) in [5, 5.41) is 7.73. The van der Waals surface area contributed by atoms with Crippen molar-refractivity contribution >= 4 is 5.82 Å². The third-order valence-corrected chi connectivity index (χ3v) is 5.71. The lowest BCUT2D eigenvalue weighted by atomic mass is 9.73. The molecule has 4 rings (SSSR count). The van der Waals surface area contributed by atoms with Crippen LogP contribution in [-0.4, -0.2) is 39.5 Å². The number of rotatable bonds is 5. The van der Waals surface area contributed by atoms with E-state index in [1.807, 2.05) is 19.9 Å². The van der Waals surface area contributed by atoms with Crippen molar-refractivity contribution in [2.24, 2.45) is 0 Å².